The average molecular weight is 262 g/mol. The third-order valence-electron chi connectivity index (χ3n) is 3.74. The lowest BCUT2D eigenvalue weighted by molar-refractivity contribution is 0.459. The fraction of sp³-hybridized carbons (Fsp3) is 0.357. The SMILES string of the molecule is O=C=NC1(c2c(Cl)ccc3occc23)CCCC1. The summed E-state index contributed by atoms with van der Waals surface area (Å²) in [4.78, 5) is 14.9. The normalized spacial score (nSPS) is 17.8. The summed E-state index contributed by atoms with van der Waals surface area (Å²) in [6, 6.07) is 5.54. The molecule has 1 saturated carbocycles. The zero-order valence-electron chi connectivity index (χ0n) is 9.78. The van der Waals surface area contributed by atoms with E-state index in [2.05, 4.69) is 4.99 Å². The first-order valence-corrected chi connectivity index (χ1v) is 6.40. The van der Waals surface area contributed by atoms with E-state index in [0.717, 1.165) is 42.2 Å². The summed E-state index contributed by atoms with van der Waals surface area (Å²) in [5, 5.41) is 1.59. The second-order valence-electron chi connectivity index (χ2n) is 4.70. The number of benzene rings is 1. The molecule has 1 fully saturated rings. The van der Waals surface area contributed by atoms with Gasteiger partial charge in [0, 0.05) is 16.0 Å². The minimum Gasteiger partial charge on any atom is -0.464 e. The van der Waals surface area contributed by atoms with Crippen LogP contribution in [0.3, 0.4) is 0 Å². The van der Waals surface area contributed by atoms with Crippen LogP contribution in [0.4, 0.5) is 0 Å². The van der Waals surface area contributed by atoms with Crippen molar-refractivity contribution in [1.29, 1.82) is 0 Å². The molecule has 4 heteroatoms. The maximum Gasteiger partial charge on any atom is 0.235 e. The third-order valence-corrected chi connectivity index (χ3v) is 4.06. The van der Waals surface area contributed by atoms with Crippen molar-refractivity contribution in [2.45, 2.75) is 31.2 Å². The van der Waals surface area contributed by atoms with Crippen LogP contribution >= 0.6 is 11.6 Å². The van der Waals surface area contributed by atoms with Crippen LogP contribution in [0.1, 0.15) is 31.2 Å². The largest absolute Gasteiger partial charge is 0.464 e. The number of hydrogen-bond acceptors (Lipinski definition) is 3. The van der Waals surface area contributed by atoms with Crippen LogP contribution in [0, 0.1) is 0 Å². The minimum absolute atomic E-state index is 0.512. The van der Waals surface area contributed by atoms with Crippen LogP contribution in [0.5, 0.6) is 0 Å². The molecule has 1 heterocycles. The number of halogens is 1. The van der Waals surface area contributed by atoms with E-state index in [4.69, 9.17) is 16.0 Å². The summed E-state index contributed by atoms with van der Waals surface area (Å²) in [6.45, 7) is 0. The molecule has 3 rings (SSSR count). The van der Waals surface area contributed by atoms with Crippen LogP contribution < -0.4 is 0 Å². The standard InChI is InChI=1S/C14H12ClNO2/c15-11-3-4-12-10(5-8-18-12)13(11)14(16-9-17)6-1-2-7-14/h3-5,8H,1-2,6-7H2. The van der Waals surface area contributed by atoms with E-state index in [0.29, 0.717) is 5.02 Å². The minimum atomic E-state index is -0.512. The van der Waals surface area contributed by atoms with Crippen molar-refractivity contribution in [3.63, 3.8) is 0 Å². The van der Waals surface area contributed by atoms with Gasteiger partial charge in [-0.05, 0) is 31.0 Å². The van der Waals surface area contributed by atoms with E-state index in [-0.39, 0.29) is 0 Å². The fourth-order valence-electron chi connectivity index (χ4n) is 2.96. The first kappa shape index (κ1) is 11.5. The van der Waals surface area contributed by atoms with Crippen LogP contribution in [0.2, 0.25) is 5.02 Å². The van der Waals surface area contributed by atoms with Crippen molar-refractivity contribution in [2.75, 3.05) is 0 Å². The Labute approximate surface area is 109 Å². The number of nitrogens with zero attached hydrogens (tertiary/aromatic N) is 1. The number of fused-ring (bicyclic) bond motifs is 1. The Hall–Kier alpha value is -1.57. The Morgan fingerprint density at radius 1 is 1.28 bits per heavy atom. The monoisotopic (exact) mass is 261 g/mol. The Morgan fingerprint density at radius 2 is 2.06 bits per heavy atom. The summed E-state index contributed by atoms with van der Waals surface area (Å²) in [5.74, 6) is 0. The first-order valence-electron chi connectivity index (χ1n) is 6.02. The molecule has 1 aromatic heterocycles. The van der Waals surface area contributed by atoms with Gasteiger partial charge in [0.15, 0.2) is 0 Å². The second-order valence-corrected chi connectivity index (χ2v) is 5.10. The maximum absolute atomic E-state index is 10.8. The van der Waals surface area contributed by atoms with Gasteiger partial charge in [-0.25, -0.2) is 4.79 Å². The summed E-state index contributed by atoms with van der Waals surface area (Å²) in [5.41, 5.74) is 1.18. The predicted molar refractivity (Wildman–Crippen MR) is 69.5 cm³/mol. The number of furan rings is 1. The molecule has 0 unspecified atom stereocenters. The molecule has 3 nitrogen and oxygen atoms in total. The topological polar surface area (TPSA) is 42.6 Å². The highest BCUT2D eigenvalue weighted by Gasteiger charge is 2.38. The van der Waals surface area contributed by atoms with Crippen molar-refractivity contribution in [3.8, 4) is 0 Å². The van der Waals surface area contributed by atoms with Gasteiger partial charge in [0.25, 0.3) is 0 Å². The molecule has 0 spiro atoms. The Bertz CT molecular complexity index is 634. The van der Waals surface area contributed by atoms with Crippen molar-refractivity contribution < 1.29 is 9.21 Å². The number of isocyanates is 1. The van der Waals surface area contributed by atoms with Crippen molar-refractivity contribution in [1.82, 2.24) is 0 Å². The Balaban J connectivity index is 2.32. The van der Waals surface area contributed by atoms with E-state index in [9.17, 15) is 4.79 Å². The maximum atomic E-state index is 10.8. The van der Waals surface area contributed by atoms with Gasteiger partial charge in [0.1, 0.15) is 11.1 Å². The van der Waals surface area contributed by atoms with Crippen LogP contribution in [-0.2, 0) is 10.3 Å². The molecule has 0 atom stereocenters. The average Bonchev–Trinajstić information content (AvgIpc) is 2.98. The molecular weight excluding hydrogens is 250 g/mol. The molecule has 18 heavy (non-hydrogen) atoms. The number of aliphatic imine (C=N–C) groups is 1. The Kier molecular flexibility index (Phi) is 2.73. The van der Waals surface area contributed by atoms with Gasteiger partial charge in [-0.1, -0.05) is 24.4 Å². The smallest absolute Gasteiger partial charge is 0.235 e. The van der Waals surface area contributed by atoms with Crippen molar-refractivity contribution >= 4 is 28.7 Å². The van der Waals surface area contributed by atoms with E-state index >= 15 is 0 Å². The molecule has 0 saturated heterocycles. The highest BCUT2D eigenvalue weighted by molar-refractivity contribution is 6.32. The highest BCUT2D eigenvalue weighted by atomic mass is 35.5. The van der Waals surface area contributed by atoms with E-state index in [1.807, 2.05) is 18.2 Å². The van der Waals surface area contributed by atoms with Gasteiger partial charge in [0.2, 0.25) is 6.08 Å². The van der Waals surface area contributed by atoms with Gasteiger partial charge in [0.05, 0.1) is 6.26 Å². The molecule has 0 N–H and O–H groups in total. The fourth-order valence-corrected chi connectivity index (χ4v) is 3.30. The quantitative estimate of drug-likeness (QED) is 0.601. The molecule has 0 amide bonds. The summed E-state index contributed by atoms with van der Waals surface area (Å²) >= 11 is 6.33. The molecule has 2 aromatic rings. The number of hydrogen-bond donors (Lipinski definition) is 0. The van der Waals surface area contributed by atoms with Gasteiger partial charge in [-0.3, -0.25) is 0 Å². The lowest BCUT2D eigenvalue weighted by atomic mass is 9.86. The molecule has 1 aliphatic carbocycles. The van der Waals surface area contributed by atoms with Gasteiger partial charge >= 0.3 is 0 Å². The lowest BCUT2D eigenvalue weighted by Crippen LogP contribution is -2.19. The summed E-state index contributed by atoms with van der Waals surface area (Å²) < 4.78 is 5.40. The van der Waals surface area contributed by atoms with Crippen LogP contribution in [0.25, 0.3) is 11.0 Å². The lowest BCUT2D eigenvalue weighted by Gasteiger charge is -2.24. The first-order chi connectivity index (χ1) is 8.77. The molecule has 0 bridgehead atoms. The summed E-state index contributed by atoms with van der Waals surface area (Å²) in [7, 11) is 0. The van der Waals surface area contributed by atoms with E-state index in [1.165, 1.54) is 0 Å². The Morgan fingerprint density at radius 3 is 2.78 bits per heavy atom. The molecule has 1 aliphatic rings. The molecule has 1 aromatic carbocycles. The zero-order valence-corrected chi connectivity index (χ0v) is 10.5. The van der Waals surface area contributed by atoms with Gasteiger partial charge in [-0.2, -0.15) is 4.99 Å². The number of carbonyl (C=O) groups excluding carboxylic acids is 1. The van der Waals surface area contributed by atoms with Crippen molar-refractivity contribution in [3.05, 3.63) is 35.0 Å². The second kappa shape index (κ2) is 4.27. The third kappa shape index (κ3) is 1.59. The van der Waals surface area contributed by atoms with E-state index < -0.39 is 5.54 Å². The molecule has 92 valence electrons. The zero-order chi connectivity index (χ0) is 12.6. The molecule has 0 aliphatic heterocycles. The molecule has 0 radical (unpaired) electrons. The van der Waals surface area contributed by atoms with Gasteiger partial charge < -0.3 is 4.42 Å². The summed E-state index contributed by atoms with van der Waals surface area (Å²) in [6.07, 6.45) is 7.14. The van der Waals surface area contributed by atoms with Crippen LogP contribution in [0.15, 0.2) is 33.9 Å². The van der Waals surface area contributed by atoms with Crippen LogP contribution in [-0.4, -0.2) is 6.08 Å². The molecular formula is C14H12ClNO2. The predicted octanol–water partition coefficient (Wildman–Crippen LogP) is 4.19. The van der Waals surface area contributed by atoms with Crippen molar-refractivity contribution in [2.24, 2.45) is 4.99 Å². The highest BCUT2D eigenvalue weighted by Crippen LogP contribution is 2.47. The van der Waals surface area contributed by atoms with Gasteiger partial charge in [-0.15, -0.1) is 0 Å². The number of rotatable bonds is 2. The van der Waals surface area contributed by atoms with E-state index in [1.54, 1.807) is 12.3 Å².